The Morgan fingerprint density at radius 1 is 1.55 bits per heavy atom. The molecule has 1 saturated carbocycles. The lowest BCUT2D eigenvalue weighted by Crippen LogP contribution is -2.28. The van der Waals surface area contributed by atoms with Gasteiger partial charge in [-0.2, -0.15) is 12.6 Å². The molecular weight excluding hydrogens is 160 g/mol. The second-order valence-corrected chi connectivity index (χ2v) is 3.61. The Bertz CT molecular complexity index is 150. The summed E-state index contributed by atoms with van der Waals surface area (Å²) in [5, 5.41) is 0. The SMILES string of the molecule is CC1(OC(=O)CS)CCCC1. The third-order valence-electron chi connectivity index (χ3n) is 2.15. The van der Waals surface area contributed by atoms with Crippen LogP contribution in [-0.2, 0) is 9.53 Å². The van der Waals surface area contributed by atoms with Gasteiger partial charge >= 0.3 is 5.97 Å². The molecule has 2 nitrogen and oxygen atoms in total. The van der Waals surface area contributed by atoms with Gasteiger partial charge in [-0.3, -0.25) is 4.79 Å². The highest BCUT2D eigenvalue weighted by atomic mass is 32.1. The van der Waals surface area contributed by atoms with Crippen molar-refractivity contribution in [2.45, 2.75) is 38.2 Å². The Labute approximate surface area is 72.7 Å². The van der Waals surface area contributed by atoms with Crippen LogP contribution in [0.5, 0.6) is 0 Å². The fraction of sp³-hybridized carbons (Fsp3) is 0.875. The predicted molar refractivity (Wildman–Crippen MR) is 46.8 cm³/mol. The topological polar surface area (TPSA) is 26.3 Å². The predicted octanol–water partition coefficient (Wildman–Crippen LogP) is 1.79. The molecule has 0 atom stereocenters. The second-order valence-electron chi connectivity index (χ2n) is 3.29. The maximum absolute atomic E-state index is 10.9. The summed E-state index contributed by atoms with van der Waals surface area (Å²) in [6.45, 7) is 2.00. The highest BCUT2D eigenvalue weighted by molar-refractivity contribution is 7.81. The first-order valence-corrected chi connectivity index (χ1v) is 4.62. The smallest absolute Gasteiger partial charge is 0.316 e. The summed E-state index contributed by atoms with van der Waals surface area (Å²) >= 11 is 3.85. The van der Waals surface area contributed by atoms with Gasteiger partial charge in [-0.1, -0.05) is 0 Å². The molecule has 0 aliphatic heterocycles. The third kappa shape index (κ3) is 2.40. The number of ether oxygens (including phenoxy) is 1. The molecule has 11 heavy (non-hydrogen) atoms. The van der Waals surface area contributed by atoms with Crippen molar-refractivity contribution in [3.63, 3.8) is 0 Å². The zero-order valence-corrected chi connectivity index (χ0v) is 7.69. The van der Waals surface area contributed by atoms with E-state index in [1.54, 1.807) is 0 Å². The minimum atomic E-state index is -0.197. The molecule has 0 radical (unpaired) electrons. The lowest BCUT2D eigenvalue weighted by atomic mass is 10.1. The fourth-order valence-electron chi connectivity index (χ4n) is 1.53. The van der Waals surface area contributed by atoms with E-state index in [4.69, 9.17) is 4.74 Å². The molecule has 64 valence electrons. The quantitative estimate of drug-likeness (QED) is 0.510. The lowest BCUT2D eigenvalue weighted by Gasteiger charge is -2.23. The molecule has 3 heteroatoms. The number of hydrogen-bond donors (Lipinski definition) is 1. The molecule has 0 bridgehead atoms. The molecule has 0 unspecified atom stereocenters. The zero-order chi connectivity index (χ0) is 8.32. The number of esters is 1. The monoisotopic (exact) mass is 174 g/mol. The van der Waals surface area contributed by atoms with E-state index < -0.39 is 0 Å². The van der Waals surface area contributed by atoms with Crippen molar-refractivity contribution in [2.75, 3.05) is 5.75 Å². The van der Waals surface area contributed by atoms with Gasteiger partial charge in [-0.15, -0.1) is 0 Å². The van der Waals surface area contributed by atoms with Crippen LogP contribution in [0.25, 0.3) is 0 Å². The van der Waals surface area contributed by atoms with E-state index in [0.717, 1.165) is 12.8 Å². The molecule has 1 fully saturated rings. The second kappa shape index (κ2) is 3.48. The van der Waals surface area contributed by atoms with Crippen LogP contribution in [0.15, 0.2) is 0 Å². The molecule has 0 aromatic carbocycles. The number of thiol groups is 1. The zero-order valence-electron chi connectivity index (χ0n) is 6.80. The van der Waals surface area contributed by atoms with E-state index in [1.807, 2.05) is 6.92 Å². The van der Waals surface area contributed by atoms with Crippen molar-refractivity contribution in [1.82, 2.24) is 0 Å². The van der Waals surface area contributed by atoms with Gasteiger partial charge in [0.15, 0.2) is 0 Å². The van der Waals surface area contributed by atoms with Crippen molar-refractivity contribution in [3.8, 4) is 0 Å². The van der Waals surface area contributed by atoms with Crippen molar-refractivity contribution in [3.05, 3.63) is 0 Å². The number of carbonyl (C=O) groups excluding carboxylic acids is 1. The Hall–Kier alpha value is -0.180. The van der Waals surface area contributed by atoms with Crippen LogP contribution in [0.1, 0.15) is 32.6 Å². The van der Waals surface area contributed by atoms with Crippen molar-refractivity contribution in [2.24, 2.45) is 0 Å². The van der Waals surface area contributed by atoms with Crippen molar-refractivity contribution < 1.29 is 9.53 Å². The molecule has 1 aliphatic carbocycles. The van der Waals surface area contributed by atoms with E-state index in [2.05, 4.69) is 12.6 Å². The van der Waals surface area contributed by atoms with Gasteiger partial charge < -0.3 is 4.74 Å². The Morgan fingerprint density at radius 2 is 2.09 bits per heavy atom. The molecule has 0 amide bonds. The number of carbonyl (C=O) groups is 1. The summed E-state index contributed by atoms with van der Waals surface area (Å²) < 4.78 is 5.23. The normalized spacial score (nSPS) is 21.6. The standard InChI is InChI=1S/C8H14O2S/c1-8(4-2-3-5-8)10-7(9)6-11/h11H,2-6H2,1H3. The van der Waals surface area contributed by atoms with Crippen molar-refractivity contribution >= 4 is 18.6 Å². The summed E-state index contributed by atoms with van der Waals surface area (Å²) in [5.41, 5.74) is -0.181. The van der Waals surface area contributed by atoms with E-state index in [0.29, 0.717) is 0 Å². The maximum atomic E-state index is 10.9. The molecular formula is C8H14O2S. The molecule has 0 spiro atoms. The van der Waals surface area contributed by atoms with Crippen molar-refractivity contribution in [1.29, 1.82) is 0 Å². The Kier molecular flexibility index (Phi) is 2.82. The first kappa shape index (κ1) is 8.91. The minimum Gasteiger partial charge on any atom is -0.459 e. The van der Waals surface area contributed by atoms with E-state index >= 15 is 0 Å². The Balaban J connectivity index is 2.39. The van der Waals surface area contributed by atoms with Crippen LogP contribution in [0.3, 0.4) is 0 Å². The summed E-state index contributed by atoms with van der Waals surface area (Å²) in [5.74, 6) is -0.00647. The summed E-state index contributed by atoms with van der Waals surface area (Å²) in [6.07, 6.45) is 4.37. The van der Waals surface area contributed by atoms with Gasteiger partial charge in [-0.05, 0) is 32.6 Å². The highest BCUT2D eigenvalue weighted by Gasteiger charge is 2.31. The molecule has 0 aromatic rings. The van der Waals surface area contributed by atoms with Gasteiger partial charge in [0.2, 0.25) is 0 Å². The molecule has 1 rings (SSSR count). The first-order valence-electron chi connectivity index (χ1n) is 3.99. The fourth-order valence-corrected chi connectivity index (χ4v) is 1.60. The average molecular weight is 174 g/mol. The van der Waals surface area contributed by atoms with Crippen LogP contribution in [-0.4, -0.2) is 17.3 Å². The minimum absolute atomic E-state index is 0.181. The maximum Gasteiger partial charge on any atom is 0.316 e. The third-order valence-corrected chi connectivity index (χ3v) is 2.41. The molecule has 0 aromatic heterocycles. The molecule has 1 aliphatic rings. The summed E-state index contributed by atoms with van der Waals surface area (Å²) in [4.78, 5) is 10.9. The number of hydrogen-bond acceptors (Lipinski definition) is 3. The Morgan fingerprint density at radius 3 is 2.55 bits per heavy atom. The van der Waals surface area contributed by atoms with E-state index in [-0.39, 0.29) is 17.3 Å². The highest BCUT2D eigenvalue weighted by Crippen LogP contribution is 2.32. The molecule has 0 heterocycles. The van der Waals surface area contributed by atoms with Gasteiger partial charge in [0.25, 0.3) is 0 Å². The van der Waals surface area contributed by atoms with Gasteiger partial charge in [0, 0.05) is 0 Å². The van der Waals surface area contributed by atoms with E-state index in [9.17, 15) is 4.79 Å². The van der Waals surface area contributed by atoms with E-state index in [1.165, 1.54) is 12.8 Å². The van der Waals surface area contributed by atoms with Crippen LogP contribution in [0.2, 0.25) is 0 Å². The largest absolute Gasteiger partial charge is 0.459 e. The summed E-state index contributed by atoms with van der Waals surface area (Å²) in [7, 11) is 0. The van der Waals surface area contributed by atoms with Gasteiger partial charge in [-0.25, -0.2) is 0 Å². The lowest BCUT2D eigenvalue weighted by molar-refractivity contribution is -0.153. The molecule has 0 N–H and O–H groups in total. The molecule has 0 saturated heterocycles. The van der Waals surface area contributed by atoms with Crippen LogP contribution in [0.4, 0.5) is 0 Å². The van der Waals surface area contributed by atoms with Crippen LogP contribution in [0, 0.1) is 0 Å². The summed E-state index contributed by atoms with van der Waals surface area (Å²) in [6, 6.07) is 0. The van der Waals surface area contributed by atoms with Crippen LogP contribution < -0.4 is 0 Å². The van der Waals surface area contributed by atoms with Gasteiger partial charge in [0.05, 0.1) is 5.75 Å². The van der Waals surface area contributed by atoms with Crippen LogP contribution >= 0.6 is 12.6 Å². The first-order chi connectivity index (χ1) is 5.16. The number of rotatable bonds is 2. The van der Waals surface area contributed by atoms with Gasteiger partial charge in [0.1, 0.15) is 5.60 Å². The average Bonchev–Trinajstić information content (AvgIpc) is 2.36.